The summed E-state index contributed by atoms with van der Waals surface area (Å²) in [4.78, 5) is 7.65. The molecule has 0 saturated heterocycles. The summed E-state index contributed by atoms with van der Waals surface area (Å²) in [5.41, 5.74) is 2.12. The molecule has 8 nitrogen and oxygen atoms in total. The van der Waals surface area contributed by atoms with Gasteiger partial charge in [0, 0.05) is 12.2 Å². The third-order valence-electron chi connectivity index (χ3n) is 5.34. The molecule has 1 aliphatic rings. The molecule has 3 aromatic heterocycles. The zero-order valence-electron chi connectivity index (χ0n) is 15.4. The van der Waals surface area contributed by atoms with Crippen molar-refractivity contribution in [2.75, 3.05) is 5.32 Å². The summed E-state index contributed by atoms with van der Waals surface area (Å²) in [7, 11) is -3.86. The lowest BCUT2D eigenvalue weighted by Gasteiger charge is -2.12. The number of hydrogen-bond acceptors (Lipinski definition) is 6. The second-order valence-electron chi connectivity index (χ2n) is 7.21. The van der Waals surface area contributed by atoms with Crippen molar-refractivity contribution in [1.82, 2.24) is 24.6 Å². The average molecular weight is 396 g/mol. The number of benzene rings is 1. The highest BCUT2D eigenvalue weighted by molar-refractivity contribution is 7.91. The first kappa shape index (κ1) is 17.2. The van der Waals surface area contributed by atoms with Crippen molar-refractivity contribution in [2.45, 2.75) is 48.6 Å². The number of anilines is 1. The Hall–Kier alpha value is -2.94. The van der Waals surface area contributed by atoms with E-state index in [4.69, 9.17) is 0 Å². The molecule has 0 unspecified atom stereocenters. The van der Waals surface area contributed by atoms with Gasteiger partial charge < -0.3 is 10.3 Å². The first-order chi connectivity index (χ1) is 13.6. The van der Waals surface area contributed by atoms with Crippen LogP contribution in [0.15, 0.2) is 46.5 Å². The molecule has 1 saturated carbocycles. The zero-order valence-corrected chi connectivity index (χ0v) is 16.2. The van der Waals surface area contributed by atoms with E-state index in [0.29, 0.717) is 23.2 Å². The van der Waals surface area contributed by atoms with E-state index >= 15 is 0 Å². The summed E-state index contributed by atoms with van der Waals surface area (Å²) < 4.78 is 28.6. The second-order valence-corrected chi connectivity index (χ2v) is 9.04. The fraction of sp³-hybridized carbons (Fsp3) is 0.316. The van der Waals surface area contributed by atoms with Gasteiger partial charge in [0.15, 0.2) is 5.65 Å². The molecule has 0 amide bonds. The molecule has 28 heavy (non-hydrogen) atoms. The van der Waals surface area contributed by atoms with Gasteiger partial charge in [0.2, 0.25) is 26.5 Å². The van der Waals surface area contributed by atoms with Crippen LogP contribution in [0.4, 0.5) is 5.95 Å². The van der Waals surface area contributed by atoms with Crippen LogP contribution in [0.1, 0.15) is 31.2 Å². The van der Waals surface area contributed by atoms with Crippen molar-refractivity contribution >= 4 is 32.6 Å². The molecule has 0 spiro atoms. The van der Waals surface area contributed by atoms with E-state index in [2.05, 4.69) is 25.5 Å². The Morgan fingerprint density at radius 2 is 1.93 bits per heavy atom. The summed E-state index contributed by atoms with van der Waals surface area (Å²) >= 11 is 0. The molecule has 0 bridgehead atoms. The predicted molar refractivity (Wildman–Crippen MR) is 105 cm³/mol. The Balaban J connectivity index is 1.75. The van der Waals surface area contributed by atoms with Gasteiger partial charge in [-0.3, -0.25) is 4.40 Å². The zero-order chi connectivity index (χ0) is 19.3. The molecule has 4 aromatic rings. The van der Waals surface area contributed by atoms with Crippen LogP contribution in [0.5, 0.6) is 0 Å². The minimum Gasteiger partial charge on any atom is -0.351 e. The van der Waals surface area contributed by atoms with Crippen LogP contribution >= 0.6 is 0 Å². The predicted octanol–water partition coefficient (Wildman–Crippen LogP) is 3.10. The maximum Gasteiger partial charge on any atom is 0.229 e. The molecule has 1 aliphatic carbocycles. The van der Waals surface area contributed by atoms with E-state index in [0.717, 1.165) is 18.4 Å². The van der Waals surface area contributed by atoms with E-state index in [-0.39, 0.29) is 15.6 Å². The third-order valence-corrected chi connectivity index (χ3v) is 7.16. The molecule has 0 aliphatic heterocycles. The summed E-state index contributed by atoms with van der Waals surface area (Å²) in [6.07, 6.45) is 6.25. The molecule has 0 atom stereocenters. The highest BCUT2D eigenvalue weighted by Crippen LogP contribution is 2.30. The maximum atomic E-state index is 13.4. The van der Waals surface area contributed by atoms with Crippen LogP contribution in [0.2, 0.25) is 0 Å². The lowest BCUT2D eigenvalue weighted by molar-refractivity contribution is 0.592. The van der Waals surface area contributed by atoms with Gasteiger partial charge in [-0.05, 0) is 37.5 Å². The smallest absolute Gasteiger partial charge is 0.229 e. The number of H-pyrrole nitrogens is 1. The standard InChI is InChI=1S/C19H20N6O2S/c1-12-6-2-5-9-15(12)28(26,27)18-17-23-24-19(21-13-7-3-4-8-13)25(17)14-10-11-20-16(14)22-18/h2,5-6,9-11,13,20H,3-4,7-8H2,1H3,(H,21,24). The van der Waals surface area contributed by atoms with Gasteiger partial charge >= 0.3 is 0 Å². The van der Waals surface area contributed by atoms with Crippen LogP contribution in [0.25, 0.3) is 16.8 Å². The van der Waals surface area contributed by atoms with E-state index in [1.54, 1.807) is 35.7 Å². The first-order valence-electron chi connectivity index (χ1n) is 9.35. The van der Waals surface area contributed by atoms with Crippen LogP contribution in [-0.4, -0.2) is 39.0 Å². The minimum absolute atomic E-state index is 0.0938. The SMILES string of the molecule is Cc1ccccc1S(=O)(=O)c1nc2[nH]ccc2n2c(NC3CCCC3)nnc12. The molecular weight excluding hydrogens is 376 g/mol. The summed E-state index contributed by atoms with van der Waals surface area (Å²) in [6.45, 7) is 1.77. The van der Waals surface area contributed by atoms with Gasteiger partial charge in [-0.25, -0.2) is 13.4 Å². The van der Waals surface area contributed by atoms with Crippen molar-refractivity contribution in [2.24, 2.45) is 0 Å². The summed E-state index contributed by atoms with van der Waals surface area (Å²) in [5.74, 6) is 0.551. The van der Waals surface area contributed by atoms with Crippen molar-refractivity contribution < 1.29 is 8.42 Å². The molecule has 1 aromatic carbocycles. The van der Waals surface area contributed by atoms with Gasteiger partial charge in [0.25, 0.3) is 0 Å². The lowest BCUT2D eigenvalue weighted by atomic mass is 10.2. The maximum absolute atomic E-state index is 13.4. The Kier molecular flexibility index (Phi) is 3.87. The van der Waals surface area contributed by atoms with E-state index < -0.39 is 9.84 Å². The number of nitrogens with zero attached hydrogens (tertiary/aromatic N) is 4. The number of aryl methyl sites for hydroxylation is 1. The number of fused-ring (bicyclic) bond motifs is 3. The van der Waals surface area contributed by atoms with Crippen molar-refractivity contribution in [3.63, 3.8) is 0 Å². The van der Waals surface area contributed by atoms with Crippen LogP contribution < -0.4 is 5.32 Å². The lowest BCUT2D eigenvalue weighted by Crippen LogP contribution is -2.17. The molecule has 1 fully saturated rings. The second kappa shape index (κ2) is 6.30. The van der Waals surface area contributed by atoms with Gasteiger partial charge in [0.1, 0.15) is 0 Å². The van der Waals surface area contributed by atoms with E-state index in [9.17, 15) is 8.42 Å². The Morgan fingerprint density at radius 3 is 2.71 bits per heavy atom. The highest BCUT2D eigenvalue weighted by atomic mass is 32.2. The molecular formula is C19H20N6O2S. The van der Waals surface area contributed by atoms with E-state index in [1.807, 2.05) is 12.1 Å². The van der Waals surface area contributed by atoms with Crippen LogP contribution in [0.3, 0.4) is 0 Å². The molecule has 9 heteroatoms. The number of sulfone groups is 1. The monoisotopic (exact) mass is 396 g/mol. The van der Waals surface area contributed by atoms with Crippen molar-refractivity contribution in [1.29, 1.82) is 0 Å². The van der Waals surface area contributed by atoms with Crippen molar-refractivity contribution in [3.05, 3.63) is 42.1 Å². The minimum atomic E-state index is -3.86. The van der Waals surface area contributed by atoms with Gasteiger partial charge in [0.05, 0.1) is 10.4 Å². The van der Waals surface area contributed by atoms with Crippen LogP contribution in [0, 0.1) is 6.92 Å². The van der Waals surface area contributed by atoms with Gasteiger partial charge in [-0.2, -0.15) is 0 Å². The van der Waals surface area contributed by atoms with Gasteiger partial charge in [-0.15, -0.1) is 10.2 Å². The normalized spacial score (nSPS) is 15.6. The highest BCUT2D eigenvalue weighted by Gasteiger charge is 2.29. The fourth-order valence-corrected chi connectivity index (χ4v) is 5.46. The largest absolute Gasteiger partial charge is 0.351 e. The first-order valence-corrected chi connectivity index (χ1v) is 10.8. The fourth-order valence-electron chi connectivity index (χ4n) is 3.91. The Bertz CT molecular complexity index is 1280. The molecule has 144 valence electrons. The topological polar surface area (TPSA) is 105 Å². The Morgan fingerprint density at radius 1 is 1.14 bits per heavy atom. The quantitative estimate of drug-likeness (QED) is 0.549. The number of rotatable bonds is 4. The number of hydrogen-bond donors (Lipinski definition) is 2. The number of nitrogens with one attached hydrogen (secondary N) is 2. The molecule has 2 N–H and O–H groups in total. The number of aromatic amines is 1. The average Bonchev–Trinajstić information content (AvgIpc) is 3.42. The Labute approximate surface area is 161 Å². The van der Waals surface area contributed by atoms with Gasteiger partial charge in [-0.1, -0.05) is 31.0 Å². The third kappa shape index (κ3) is 2.57. The van der Waals surface area contributed by atoms with Crippen molar-refractivity contribution in [3.8, 4) is 0 Å². The molecule has 3 heterocycles. The summed E-state index contributed by atoms with van der Waals surface area (Å²) in [6, 6.07) is 9.06. The number of aromatic nitrogens is 5. The van der Waals surface area contributed by atoms with E-state index in [1.165, 1.54) is 12.8 Å². The van der Waals surface area contributed by atoms with Crippen LogP contribution in [-0.2, 0) is 9.84 Å². The summed E-state index contributed by atoms with van der Waals surface area (Å²) in [5, 5.41) is 11.8. The molecule has 5 rings (SSSR count). The molecule has 0 radical (unpaired) electrons.